The molecule has 3 aromatic heterocycles. The van der Waals surface area contributed by atoms with Crippen molar-refractivity contribution in [1.82, 2.24) is 19.9 Å². The summed E-state index contributed by atoms with van der Waals surface area (Å²) in [6.07, 6.45) is 5.64. The molecule has 0 saturated carbocycles. The largest absolute Gasteiger partial charge is 0.307 e. The number of rotatable bonds is 4. The number of thiophene rings is 1. The van der Waals surface area contributed by atoms with E-state index in [1.165, 1.54) is 4.88 Å². The Morgan fingerprint density at radius 2 is 2.16 bits per heavy atom. The summed E-state index contributed by atoms with van der Waals surface area (Å²) in [4.78, 5) is 27.6. The van der Waals surface area contributed by atoms with Crippen LogP contribution in [-0.2, 0) is 6.54 Å². The van der Waals surface area contributed by atoms with E-state index in [4.69, 9.17) is 4.98 Å². The van der Waals surface area contributed by atoms with Crippen molar-refractivity contribution in [3.8, 4) is 11.4 Å². The van der Waals surface area contributed by atoms with Gasteiger partial charge in [-0.15, -0.1) is 11.3 Å². The zero-order valence-electron chi connectivity index (χ0n) is 13.9. The number of hydrogen-bond donors (Lipinski definition) is 1. The molecule has 0 aliphatic carbocycles. The first kappa shape index (κ1) is 16.2. The maximum absolute atomic E-state index is 12.1. The van der Waals surface area contributed by atoms with Gasteiger partial charge >= 0.3 is 0 Å². The molecule has 3 aromatic rings. The number of hydrogen-bond acceptors (Lipinski definition) is 5. The third-order valence-corrected chi connectivity index (χ3v) is 5.46. The summed E-state index contributed by atoms with van der Waals surface area (Å²) in [7, 11) is 0. The minimum Gasteiger partial charge on any atom is -0.307 e. The van der Waals surface area contributed by atoms with Crippen LogP contribution >= 0.6 is 11.3 Å². The van der Waals surface area contributed by atoms with Crippen LogP contribution in [0.5, 0.6) is 0 Å². The molecule has 4 rings (SSSR count). The lowest BCUT2D eigenvalue weighted by molar-refractivity contribution is 0.200. The Kier molecular flexibility index (Phi) is 4.72. The van der Waals surface area contributed by atoms with Gasteiger partial charge in [0, 0.05) is 47.9 Å². The van der Waals surface area contributed by atoms with Gasteiger partial charge in [-0.25, -0.2) is 4.98 Å². The van der Waals surface area contributed by atoms with Crippen molar-refractivity contribution in [1.29, 1.82) is 0 Å². The molecule has 1 aliphatic rings. The third kappa shape index (κ3) is 3.86. The summed E-state index contributed by atoms with van der Waals surface area (Å²) in [5.41, 5.74) is 1.69. The van der Waals surface area contributed by atoms with Gasteiger partial charge in [-0.3, -0.25) is 14.7 Å². The molecule has 25 heavy (non-hydrogen) atoms. The number of likely N-dealkylation sites (tertiary alicyclic amines) is 1. The summed E-state index contributed by atoms with van der Waals surface area (Å²) in [6.45, 7) is 3.04. The van der Waals surface area contributed by atoms with Crippen molar-refractivity contribution < 1.29 is 0 Å². The van der Waals surface area contributed by atoms with Crippen molar-refractivity contribution >= 4 is 11.3 Å². The number of H-pyrrole nitrogens is 1. The van der Waals surface area contributed by atoms with Crippen LogP contribution in [0, 0.1) is 0 Å². The lowest BCUT2D eigenvalue weighted by Crippen LogP contribution is -2.34. The lowest BCUT2D eigenvalue weighted by Gasteiger charge is -2.32. The molecule has 0 amide bonds. The Labute approximate surface area is 150 Å². The molecule has 1 saturated heterocycles. The molecule has 0 bridgehead atoms. The van der Waals surface area contributed by atoms with Gasteiger partial charge in [0.05, 0.1) is 5.69 Å². The van der Waals surface area contributed by atoms with E-state index >= 15 is 0 Å². The van der Waals surface area contributed by atoms with E-state index in [1.54, 1.807) is 29.8 Å². The topological polar surface area (TPSA) is 61.9 Å². The van der Waals surface area contributed by atoms with Crippen LogP contribution in [0.1, 0.15) is 29.3 Å². The molecule has 1 fully saturated rings. The maximum Gasteiger partial charge on any atom is 0.251 e. The summed E-state index contributed by atoms with van der Waals surface area (Å²) in [6, 6.07) is 9.67. The van der Waals surface area contributed by atoms with Crippen molar-refractivity contribution in [3.63, 3.8) is 0 Å². The van der Waals surface area contributed by atoms with Crippen LogP contribution in [0.3, 0.4) is 0 Å². The first-order valence-corrected chi connectivity index (χ1v) is 9.42. The molecular weight excluding hydrogens is 332 g/mol. The second-order valence-corrected chi connectivity index (χ2v) is 7.44. The minimum atomic E-state index is -0.0906. The monoisotopic (exact) mass is 352 g/mol. The first-order chi connectivity index (χ1) is 12.3. The highest BCUT2D eigenvalue weighted by molar-refractivity contribution is 7.09. The Bertz CT molecular complexity index is 876. The fraction of sp³-hybridized carbons (Fsp3) is 0.316. The average Bonchev–Trinajstić information content (AvgIpc) is 3.15. The molecule has 1 aliphatic heterocycles. The van der Waals surface area contributed by atoms with Gasteiger partial charge in [0.25, 0.3) is 5.56 Å². The van der Waals surface area contributed by atoms with Gasteiger partial charge in [-0.1, -0.05) is 6.07 Å². The Hall–Kier alpha value is -2.31. The molecule has 4 heterocycles. The zero-order valence-corrected chi connectivity index (χ0v) is 14.7. The summed E-state index contributed by atoms with van der Waals surface area (Å²) in [5, 5.41) is 2.12. The summed E-state index contributed by atoms with van der Waals surface area (Å²) >= 11 is 1.80. The van der Waals surface area contributed by atoms with Crippen molar-refractivity contribution in [2.45, 2.75) is 25.3 Å². The summed E-state index contributed by atoms with van der Waals surface area (Å²) in [5.74, 6) is 0.928. The standard InChI is InChI=1S/C19H20N4OS/c24-18-11-17(21-19(22-18)14-5-7-20-8-6-14)15-3-1-9-23(12-15)13-16-4-2-10-25-16/h2,4-8,10-11,15H,1,3,9,12-13H2,(H,21,22,24). The van der Waals surface area contributed by atoms with Gasteiger partial charge < -0.3 is 4.98 Å². The number of nitrogens with one attached hydrogen (secondary N) is 1. The van der Waals surface area contributed by atoms with Crippen LogP contribution in [0.4, 0.5) is 0 Å². The lowest BCUT2D eigenvalue weighted by atomic mass is 9.94. The Balaban J connectivity index is 1.56. The van der Waals surface area contributed by atoms with Gasteiger partial charge in [-0.2, -0.15) is 0 Å². The number of nitrogens with zero attached hydrogens (tertiary/aromatic N) is 3. The number of piperidine rings is 1. The van der Waals surface area contributed by atoms with Crippen LogP contribution in [0.25, 0.3) is 11.4 Å². The van der Waals surface area contributed by atoms with E-state index in [1.807, 2.05) is 12.1 Å². The molecular formula is C19H20N4OS. The fourth-order valence-corrected chi connectivity index (χ4v) is 4.14. The van der Waals surface area contributed by atoms with E-state index in [-0.39, 0.29) is 5.56 Å². The van der Waals surface area contributed by atoms with Gasteiger partial charge in [0.1, 0.15) is 5.82 Å². The highest BCUT2D eigenvalue weighted by Gasteiger charge is 2.23. The molecule has 1 N–H and O–H groups in total. The Morgan fingerprint density at radius 1 is 1.28 bits per heavy atom. The Morgan fingerprint density at radius 3 is 2.96 bits per heavy atom. The second-order valence-electron chi connectivity index (χ2n) is 6.41. The summed E-state index contributed by atoms with van der Waals surface area (Å²) < 4.78 is 0. The molecule has 1 unspecified atom stereocenters. The molecule has 5 nitrogen and oxygen atoms in total. The van der Waals surface area contributed by atoms with Crippen LogP contribution in [0.15, 0.2) is 52.9 Å². The van der Waals surface area contributed by atoms with Crippen LogP contribution in [-0.4, -0.2) is 32.9 Å². The smallest absolute Gasteiger partial charge is 0.251 e. The number of aromatic amines is 1. The van der Waals surface area contributed by atoms with Gasteiger partial charge in [0.15, 0.2) is 0 Å². The molecule has 128 valence electrons. The molecule has 0 radical (unpaired) electrons. The molecule has 0 aromatic carbocycles. The highest BCUT2D eigenvalue weighted by Crippen LogP contribution is 2.27. The van der Waals surface area contributed by atoms with Crippen molar-refractivity contribution in [3.05, 3.63) is 69.0 Å². The number of aromatic nitrogens is 3. The van der Waals surface area contributed by atoms with Gasteiger partial charge in [0.2, 0.25) is 0 Å². The van der Waals surface area contributed by atoms with Crippen molar-refractivity contribution in [2.75, 3.05) is 13.1 Å². The van der Waals surface area contributed by atoms with Gasteiger partial charge in [-0.05, 0) is 43.0 Å². The van der Waals surface area contributed by atoms with E-state index < -0.39 is 0 Å². The fourth-order valence-electron chi connectivity index (χ4n) is 3.40. The van der Waals surface area contributed by atoms with Crippen molar-refractivity contribution in [2.24, 2.45) is 0 Å². The second kappa shape index (κ2) is 7.29. The predicted octanol–water partition coefficient (Wildman–Crippen LogP) is 3.27. The van der Waals surface area contributed by atoms with E-state index in [9.17, 15) is 4.79 Å². The SMILES string of the molecule is O=c1cc(C2CCCN(Cc3cccs3)C2)nc(-c2ccncc2)[nH]1. The van der Waals surface area contributed by atoms with E-state index in [2.05, 4.69) is 32.4 Å². The maximum atomic E-state index is 12.1. The quantitative estimate of drug-likeness (QED) is 0.783. The molecule has 1 atom stereocenters. The highest BCUT2D eigenvalue weighted by atomic mass is 32.1. The number of pyridine rings is 1. The minimum absolute atomic E-state index is 0.0906. The van der Waals surface area contributed by atoms with Crippen LogP contribution < -0.4 is 5.56 Å². The molecule has 0 spiro atoms. The van der Waals surface area contributed by atoms with E-state index in [0.29, 0.717) is 11.7 Å². The normalized spacial score (nSPS) is 18.3. The zero-order chi connectivity index (χ0) is 17.1. The predicted molar refractivity (Wildman–Crippen MR) is 99.7 cm³/mol. The third-order valence-electron chi connectivity index (χ3n) is 4.60. The van der Waals surface area contributed by atoms with E-state index in [0.717, 1.165) is 43.7 Å². The average molecular weight is 352 g/mol. The first-order valence-electron chi connectivity index (χ1n) is 8.54. The van der Waals surface area contributed by atoms with Crippen LogP contribution in [0.2, 0.25) is 0 Å². The molecule has 6 heteroatoms.